The molecular formula is C10H12N2O4. The van der Waals surface area contributed by atoms with Crippen LogP contribution in [0.1, 0.15) is 21.6 Å². The van der Waals surface area contributed by atoms with Gasteiger partial charge in [-0.05, 0) is 19.4 Å². The molecule has 1 aromatic heterocycles. The third-order valence-corrected chi connectivity index (χ3v) is 2.29. The van der Waals surface area contributed by atoms with E-state index in [0.717, 1.165) is 4.57 Å². The summed E-state index contributed by atoms with van der Waals surface area (Å²) in [5.41, 5.74) is 5.18. The van der Waals surface area contributed by atoms with Crippen LogP contribution in [0.25, 0.3) is 0 Å². The Morgan fingerprint density at radius 1 is 1.44 bits per heavy atom. The number of primary amides is 1. The summed E-state index contributed by atoms with van der Waals surface area (Å²) in [5, 5.41) is 8.96. The molecule has 6 heteroatoms. The van der Waals surface area contributed by atoms with Crippen molar-refractivity contribution in [1.29, 1.82) is 0 Å². The number of hydrogen-bond acceptors (Lipinski definition) is 3. The predicted octanol–water partition coefficient (Wildman–Crippen LogP) is -0.351. The first-order valence-corrected chi connectivity index (χ1v) is 4.57. The third-order valence-electron chi connectivity index (χ3n) is 2.29. The van der Waals surface area contributed by atoms with Crippen LogP contribution in [-0.4, -0.2) is 21.6 Å². The van der Waals surface area contributed by atoms with E-state index in [1.165, 1.54) is 19.9 Å². The van der Waals surface area contributed by atoms with Gasteiger partial charge in [0.15, 0.2) is 0 Å². The monoisotopic (exact) mass is 224 g/mol. The van der Waals surface area contributed by atoms with Gasteiger partial charge in [0.1, 0.15) is 6.54 Å². The maximum absolute atomic E-state index is 11.5. The summed E-state index contributed by atoms with van der Waals surface area (Å²) < 4.78 is 1.05. The van der Waals surface area contributed by atoms with Crippen molar-refractivity contribution in [3.05, 3.63) is 33.2 Å². The van der Waals surface area contributed by atoms with Crippen molar-refractivity contribution in [3.63, 3.8) is 0 Å². The van der Waals surface area contributed by atoms with Gasteiger partial charge in [0.05, 0.1) is 5.56 Å². The quantitative estimate of drug-likeness (QED) is 0.732. The minimum absolute atomic E-state index is 0.0286. The maximum Gasteiger partial charge on any atom is 0.337 e. The number of carboxylic acid groups (broad SMARTS) is 1. The summed E-state index contributed by atoms with van der Waals surface area (Å²) in [5.74, 6) is -1.82. The number of amides is 1. The molecule has 0 aliphatic rings. The summed E-state index contributed by atoms with van der Waals surface area (Å²) in [4.78, 5) is 33.2. The van der Waals surface area contributed by atoms with Crippen LogP contribution in [0.5, 0.6) is 0 Å². The van der Waals surface area contributed by atoms with Crippen molar-refractivity contribution >= 4 is 11.9 Å². The molecule has 0 aliphatic carbocycles. The fourth-order valence-corrected chi connectivity index (χ4v) is 1.60. The number of hydrogen-bond donors (Lipinski definition) is 2. The molecule has 0 aromatic carbocycles. The standard InChI is InChI=1S/C10H12N2O4/c1-5-3-8(14)12(4-7(11)13)6(2)9(5)10(15)16/h3H,4H2,1-2H3,(H2,11,13)(H,15,16). The number of carboxylic acids is 1. The highest BCUT2D eigenvalue weighted by Crippen LogP contribution is 2.10. The van der Waals surface area contributed by atoms with Crippen molar-refractivity contribution in [1.82, 2.24) is 4.57 Å². The van der Waals surface area contributed by atoms with Gasteiger partial charge in [-0.15, -0.1) is 0 Å². The number of aromatic carboxylic acids is 1. The zero-order chi connectivity index (χ0) is 12.5. The lowest BCUT2D eigenvalue weighted by molar-refractivity contribution is -0.118. The second kappa shape index (κ2) is 4.18. The molecule has 0 bridgehead atoms. The number of nitrogens with zero attached hydrogens (tertiary/aromatic N) is 1. The SMILES string of the molecule is Cc1cc(=O)n(CC(N)=O)c(C)c1C(=O)O. The first kappa shape index (κ1) is 12.0. The van der Waals surface area contributed by atoms with Crippen LogP contribution in [-0.2, 0) is 11.3 Å². The molecule has 1 heterocycles. The van der Waals surface area contributed by atoms with Gasteiger partial charge in [0.25, 0.3) is 5.56 Å². The van der Waals surface area contributed by atoms with Gasteiger partial charge in [-0.3, -0.25) is 9.59 Å². The number of rotatable bonds is 3. The van der Waals surface area contributed by atoms with Crippen molar-refractivity contribution in [3.8, 4) is 0 Å². The van der Waals surface area contributed by atoms with E-state index in [9.17, 15) is 14.4 Å². The highest BCUT2D eigenvalue weighted by atomic mass is 16.4. The Kier molecular flexibility index (Phi) is 3.12. The molecule has 0 saturated carbocycles. The molecule has 0 radical (unpaired) electrons. The van der Waals surface area contributed by atoms with Gasteiger partial charge >= 0.3 is 5.97 Å². The smallest absolute Gasteiger partial charge is 0.337 e. The second-order valence-corrected chi connectivity index (χ2v) is 3.48. The van der Waals surface area contributed by atoms with Crippen LogP contribution in [0.3, 0.4) is 0 Å². The molecule has 3 N–H and O–H groups in total. The number of nitrogens with two attached hydrogens (primary N) is 1. The Bertz CT molecular complexity index is 516. The Morgan fingerprint density at radius 2 is 2.00 bits per heavy atom. The van der Waals surface area contributed by atoms with Crippen LogP contribution >= 0.6 is 0 Å². The summed E-state index contributed by atoms with van der Waals surface area (Å²) in [6.07, 6.45) is 0. The molecule has 0 atom stereocenters. The summed E-state index contributed by atoms with van der Waals surface area (Å²) >= 11 is 0. The Morgan fingerprint density at radius 3 is 2.44 bits per heavy atom. The minimum atomic E-state index is -1.13. The molecule has 1 amide bonds. The van der Waals surface area contributed by atoms with Crippen molar-refractivity contribution in [2.75, 3.05) is 0 Å². The zero-order valence-electron chi connectivity index (χ0n) is 8.98. The maximum atomic E-state index is 11.5. The Hall–Kier alpha value is -2.11. The van der Waals surface area contributed by atoms with Crippen molar-refractivity contribution < 1.29 is 14.7 Å². The van der Waals surface area contributed by atoms with E-state index in [2.05, 4.69) is 0 Å². The van der Waals surface area contributed by atoms with Crippen molar-refractivity contribution in [2.24, 2.45) is 5.73 Å². The molecule has 0 saturated heterocycles. The predicted molar refractivity (Wildman–Crippen MR) is 56.3 cm³/mol. The van der Waals surface area contributed by atoms with Crippen LogP contribution in [0.15, 0.2) is 10.9 Å². The van der Waals surface area contributed by atoms with Gasteiger partial charge in [0.2, 0.25) is 5.91 Å². The molecule has 1 rings (SSSR count). The van der Waals surface area contributed by atoms with Crippen LogP contribution in [0.4, 0.5) is 0 Å². The van der Waals surface area contributed by atoms with Gasteiger partial charge in [-0.2, -0.15) is 0 Å². The zero-order valence-corrected chi connectivity index (χ0v) is 8.98. The van der Waals surface area contributed by atoms with E-state index in [4.69, 9.17) is 10.8 Å². The molecular weight excluding hydrogens is 212 g/mol. The molecule has 0 spiro atoms. The average molecular weight is 224 g/mol. The Labute approximate surface area is 91.3 Å². The van der Waals surface area contributed by atoms with E-state index < -0.39 is 17.4 Å². The topological polar surface area (TPSA) is 102 Å². The molecule has 0 aliphatic heterocycles. The number of aryl methyl sites for hydroxylation is 1. The van der Waals surface area contributed by atoms with Gasteiger partial charge in [0, 0.05) is 11.8 Å². The number of carbonyl (C=O) groups is 2. The van der Waals surface area contributed by atoms with Crippen molar-refractivity contribution in [2.45, 2.75) is 20.4 Å². The van der Waals surface area contributed by atoms with E-state index in [-0.39, 0.29) is 17.8 Å². The van der Waals surface area contributed by atoms with E-state index in [1.807, 2.05) is 0 Å². The highest BCUT2D eigenvalue weighted by Gasteiger charge is 2.16. The van der Waals surface area contributed by atoms with Crippen LogP contribution in [0, 0.1) is 13.8 Å². The van der Waals surface area contributed by atoms with E-state index in [1.54, 1.807) is 0 Å². The molecule has 16 heavy (non-hydrogen) atoms. The molecule has 86 valence electrons. The number of carbonyl (C=O) groups excluding carboxylic acids is 1. The largest absolute Gasteiger partial charge is 0.478 e. The summed E-state index contributed by atoms with van der Waals surface area (Å²) in [7, 11) is 0. The highest BCUT2D eigenvalue weighted by molar-refractivity contribution is 5.90. The second-order valence-electron chi connectivity index (χ2n) is 3.48. The fraction of sp³-hybridized carbons (Fsp3) is 0.300. The molecule has 1 aromatic rings. The first-order valence-electron chi connectivity index (χ1n) is 4.57. The third kappa shape index (κ3) is 2.10. The molecule has 0 unspecified atom stereocenters. The van der Waals surface area contributed by atoms with Crippen LogP contribution < -0.4 is 11.3 Å². The van der Waals surface area contributed by atoms with Gasteiger partial charge < -0.3 is 15.4 Å². The van der Waals surface area contributed by atoms with E-state index >= 15 is 0 Å². The number of pyridine rings is 1. The summed E-state index contributed by atoms with van der Waals surface area (Å²) in [6, 6.07) is 1.18. The lowest BCUT2D eigenvalue weighted by Gasteiger charge is -2.12. The lowest BCUT2D eigenvalue weighted by Crippen LogP contribution is -2.31. The normalized spacial score (nSPS) is 10.1. The van der Waals surface area contributed by atoms with Gasteiger partial charge in [-0.1, -0.05) is 0 Å². The fourth-order valence-electron chi connectivity index (χ4n) is 1.60. The number of aromatic nitrogens is 1. The summed E-state index contributed by atoms with van der Waals surface area (Å²) in [6.45, 7) is 2.69. The average Bonchev–Trinajstić information content (AvgIpc) is 2.10. The molecule has 6 nitrogen and oxygen atoms in total. The lowest BCUT2D eigenvalue weighted by atomic mass is 10.1. The van der Waals surface area contributed by atoms with Gasteiger partial charge in [-0.25, -0.2) is 4.79 Å². The Balaban J connectivity index is 3.51. The minimum Gasteiger partial charge on any atom is -0.478 e. The van der Waals surface area contributed by atoms with Crippen LogP contribution in [0.2, 0.25) is 0 Å². The molecule has 0 fully saturated rings. The first-order chi connectivity index (χ1) is 7.34. The van der Waals surface area contributed by atoms with E-state index in [0.29, 0.717) is 5.56 Å².